The average molecular weight is 503 g/mol. The molecule has 0 saturated carbocycles. The first-order valence-corrected chi connectivity index (χ1v) is 12.1. The topological polar surface area (TPSA) is 122 Å². The number of para-hydroxylation sites is 1. The van der Waals surface area contributed by atoms with E-state index in [-0.39, 0.29) is 19.4 Å². The van der Waals surface area contributed by atoms with E-state index in [1.807, 2.05) is 42.5 Å². The van der Waals surface area contributed by atoms with Crippen LogP contribution >= 0.6 is 0 Å². The van der Waals surface area contributed by atoms with E-state index in [9.17, 15) is 19.1 Å². The summed E-state index contributed by atoms with van der Waals surface area (Å²) in [5, 5.41) is 17.4. The largest absolute Gasteiger partial charge is 0.375 e. The van der Waals surface area contributed by atoms with Crippen LogP contribution in [0.25, 0.3) is 11.0 Å². The number of hydrogen-bond acceptors (Lipinski definition) is 6. The Balaban J connectivity index is 1.37. The monoisotopic (exact) mass is 502 g/mol. The molecule has 9 heteroatoms. The molecule has 4 N–H and O–H groups in total. The third kappa shape index (κ3) is 5.23. The highest BCUT2D eigenvalue weighted by atomic mass is 19.1. The highest BCUT2D eigenvalue weighted by Crippen LogP contribution is 2.27. The molecule has 8 nitrogen and oxygen atoms in total. The number of benzene rings is 3. The first kappa shape index (κ1) is 24.6. The van der Waals surface area contributed by atoms with Crippen molar-refractivity contribution in [1.29, 1.82) is 0 Å². The van der Waals surface area contributed by atoms with Gasteiger partial charge in [0.25, 0.3) is 0 Å². The van der Waals surface area contributed by atoms with Crippen molar-refractivity contribution in [2.45, 2.75) is 37.3 Å². The van der Waals surface area contributed by atoms with Gasteiger partial charge in [0.2, 0.25) is 11.8 Å². The number of fused-ring (bicyclic) bond motifs is 1. The van der Waals surface area contributed by atoms with Gasteiger partial charge in [0.1, 0.15) is 24.1 Å². The SMILES string of the molecule is NC(O)c1ccc([C@@H](NC(=O)[C@@H]2C[C@@H](F)CN2C(=O)Cc2noc3ccccc23)c2ccccc2)cc1. The zero-order valence-corrected chi connectivity index (χ0v) is 20.0. The zero-order chi connectivity index (χ0) is 25.9. The normalized spacial score (nSPS) is 19.1. The van der Waals surface area contributed by atoms with E-state index in [1.54, 1.807) is 36.4 Å². The summed E-state index contributed by atoms with van der Waals surface area (Å²) >= 11 is 0. The Morgan fingerprint density at radius 1 is 1.03 bits per heavy atom. The molecule has 190 valence electrons. The van der Waals surface area contributed by atoms with E-state index in [0.717, 1.165) is 11.1 Å². The molecule has 1 aliphatic rings. The van der Waals surface area contributed by atoms with Gasteiger partial charge in [-0.05, 0) is 28.8 Å². The molecule has 37 heavy (non-hydrogen) atoms. The molecule has 4 aromatic rings. The van der Waals surface area contributed by atoms with Crippen molar-refractivity contribution in [3.05, 3.63) is 101 Å². The molecule has 0 spiro atoms. The molecule has 0 aliphatic carbocycles. The number of nitrogens with two attached hydrogens (primary N) is 1. The molecule has 3 aromatic carbocycles. The third-order valence-corrected chi connectivity index (χ3v) is 6.67. The van der Waals surface area contributed by atoms with E-state index in [0.29, 0.717) is 22.2 Å². The number of aromatic nitrogens is 1. The highest BCUT2D eigenvalue weighted by molar-refractivity contribution is 5.91. The van der Waals surface area contributed by atoms with Crippen LogP contribution in [0.1, 0.15) is 41.1 Å². The van der Waals surface area contributed by atoms with E-state index >= 15 is 0 Å². The highest BCUT2D eigenvalue weighted by Gasteiger charge is 2.40. The molecule has 2 heterocycles. The fraction of sp³-hybridized carbons (Fsp3) is 0.250. The van der Waals surface area contributed by atoms with E-state index in [2.05, 4.69) is 10.5 Å². The lowest BCUT2D eigenvalue weighted by molar-refractivity contribution is -0.138. The Morgan fingerprint density at radius 3 is 2.41 bits per heavy atom. The lowest BCUT2D eigenvalue weighted by Crippen LogP contribution is -2.47. The molecule has 1 aliphatic heterocycles. The zero-order valence-electron chi connectivity index (χ0n) is 20.0. The predicted octanol–water partition coefficient (Wildman–Crippen LogP) is 3.16. The van der Waals surface area contributed by atoms with Gasteiger partial charge in [-0.25, -0.2) is 4.39 Å². The van der Waals surface area contributed by atoms with Crippen molar-refractivity contribution in [3.8, 4) is 0 Å². The Bertz CT molecular complexity index is 1390. The number of rotatable bonds is 7. The second-order valence-electron chi connectivity index (χ2n) is 9.16. The summed E-state index contributed by atoms with van der Waals surface area (Å²) in [4.78, 5) is 28.0. The smallest absolute Gasteiger partial charge is 0.243 e. The van der Waals surface area contributed by atoms with Crippen LogP contribution in [0.2, 0.25) is 0 Å². The molecular formula is C28H27FN4O4. The molecule has 1 fully saturated rings. The maximum atomic E-state index is 14.5. The molecule has 2 amide bonds. The van der Waals surface area contributed by atoms with Gasteiger partial charge in [0, 0.05) is 11.8 Å². The van der Waals surface area contributed by atoms with Gasteiger partial charge in [-0.1, -0.05) is 71.9 Å². The van der Waals surface area contributed by atoms with Gasteiger partial charge in [-0.15, -0.1) is 0 Å². The van der Waals surface area contributed by atoms with Gasteiger partial charge in [0.05, 0.1) is 19.0 Å². The van der Waals surface area contributed by atoms with Gasteiger partial charge >= 0.3 is 0 Å². The van der Waals surface area contributed by atoms with Crippen molar-refractivity contribution in [2.24, 2.45) is 5.73 Å². The molecule has 1 aromatic heterocycles. The van der Waals surface area contributed by atoms with Gasteiger partial charge in [-0.2, -0.15) is 0 Å². The van der Waals surface area contributed by atoms with Crippen LogP contribution in [0.15, 0.2) is 83.4 Å². The lowest BCUT2D eigenvalue weighted by atomic mass is 9.97. The predicted molar refractivity (Wildman–Crippen MR) is 135 cm³/mol. The molecule has 1 unspecified atom stereocenters. The third-order valence-electron chi connectivity index (χ3n) is 6.67. The molecule has 5 rings (SSSR count). The van der Waals surface area contributed by atoms with Crippen LogP contribution in [0.4, 0.5) is 4.39 Å². The van der Waals surface area contributed by atoms with Crippen molar-refractivity contribution >= 4 is 22.8 Å². The number of hydrogen-bond donors (Lipinski definition) is 3. The summed E-state index contributed by atoms with van der Waals surface area (Å²) in [6.45, 7) is -0.161. The number of alkyl halides is 1. The number of nitrogens with one attached hydrogen (secondary N) is 1. The number of carbonyl (C=O) groups is 2. The van der Waals surface area contributed by atoms with E-state index in [4.69, 9.17) is 10.3 Å². The molecular weight excluding hydrogens is 475 g/mol. The number of carbonyl (C=O) groups excluding carboxylic acids is 2. The van der Waals surface area contributed by atoms with Crippen molar-refractivity contribution in [1.82, 2.24) is 15.4 Å². The molecule has 4 atom stereocenters. The minimum absolute atomic E-state index is 0.0864. The van der Waals surface area contributed by atoms with Crippen LogP contribution in [0, 0.1) is 0 Å². The summed E-state index contributed by atoms with van der Waals surface area (Å²) in [5.41, 5.74) is 8.67. The van der Waals surface area contributed by atoms with Crippen LogP contribution in [-0.2, 0) is 16.0 Å². The Hall–Kier alpha value is -4.08. The standard InChI is InChI=1S/C28H27FN4O4/c29-20-14-23(33(16-20)25(34)15-22-21-8-4-5-9-24(21)37-32-22)28(36)31-26(17-6-2-1-3-7-17)18-10-12-19(13-11-18)27(30)35/h1-13,20,23,26-27,35H,14-16,30H2,(H,31,36)/t20-,23+,26+,27?/m1/s1. The summed E-state index contributed by atoms with van der Waals surface area (Å²) < 4.78 is 19.8. The Kier molecular flexibility index (Phi) is 6.98. The van der Waals surface area contributed by atoms with Crippen LogP contribution in [0.5, 0.6) is 0 Å². The first-order valence-electron chi connectivity index (χ1n) is 12.1. The van der Waals surface area contributed by atoms with Crippen molar-refractivity contribution < 1.29 is 23.6 Å². The first-order chi connectivity index (χ1) is 17.9. The summed E-state index contributed by atoms with van der Waals surface area (Å²) in [6, 6.07) is 21.9. The quantitative estimate of drug-likeness (QED) is 0.334. The lowest BCUT2D eigenvalue weighted by Gasteiger charge is -2.27. The number of aliphatic hydroxyl groups is 1. The Labute approximate surface area is 212 Å². The number of amides is 2. The summed E-state index contributed by atoms with van der Waals surface area (Å²) in [6.07, 6.45) is -2.61. The number of halogens is 1. The van der Waals surface area contributed by atoms with Crippen LogP contribution in [-0.4, -0.2) is 45.7 Å². The number of likely N-dealkylation sites (tertiary alicyclic amines) is 1. The number of aliphatic hydroxyl groups excluding tert-OH is 1. The van der Waals surface area contributed by atoms with Gasteiger partial charge < -0.3 is 25.6 Å². The fourth-order valence-electron chi connectivity index (χ4n) is 4.75. The maximum Gasteiger partial charge on any atom is 0.243 e. The average Bonchev–Trinajstić information content (AvgIpc) is 3.51. The molecule has 0 radical (unpaired) electrons. The number of nitrogens with zero attached hydrogens (tertiary/aromatic N) is 2. The minimum atomic E-state index is -1.31. The van der Waals surface area contributed by atoms with Crippen molar-refractivity contribution in [3.63, 3.8) is 0 Å². The second kappa shape index (κ2) is 10.5. The van der Waals surface area contributed by atoms with Crippen LogP contribution < -0.4 is 11.1 Å². The van der Waals surface area contributed by atoms with E-state index in [1.165, 1.54) is 4.90 Å². The maximum absolute atomic E-state index is 14.5. The van der Waals surface area contributed by atoms with E-state index < -0.39 is 36.3 Å². The second-order valence-corrected chi connectivity index (χ2v) is 9.16. The summed E-state index contributed by atoms with van der Waals surface area (Å²) in [7, 11) is 0. The fourth-order valence-corrected chi connectivity index (χ4v) is 4.75. The van der Waals surface area contributed by atoms with Gasteiger partial charge in [-0.3, -0.25) is 9.59 Å². The molecule has 0 bridgehead atoms. The minimum Gasteiger partial charge on any atom is -0.375 e. The van der Waals surface area contributed by atoms with Crippen LogP contribution in [0.3, 0.4) is 0 Å². The van der Waals surface area contributed by atoms with Crippen molar-refractivity contribution in [2.75, 3.05) is 6.54 Å². The Morgan fingerprint density at radius 2 is 1.68 bits per heavy atom. The van der Waals surface area contributed by atoms with Gasteiger partial charge in [0.15, 0.2) is 5.58 Å². The molecule has 1 saturated heterocycles. The summed E-state index contributed by atoms with van der Waals surface area (Å²) in [5.74, 6) is -0.841.